The van der Waals surface area contributed by atoms with Crippen molar-refractivity contribution in [2.24, 2.45) is 0 Å². The van der Waals surface area contributed by atoms with E-state index in [0.29, 0.717) is 17.6 Å². The van der Waals surface area contributed by atoms with E-state index in [1.54, 1.807) is 4.90 Å². The van der Waals surface area contributed by atoms with Gasteiger partial charge in [0.15, 0.2) is 0 Å². The molecule has 0 saturated carbocycles. The van der Waals surface area contributed by atoms with Crippen molar-refractivity contribution in [3.8, 4) is 6.07 Å². The summed E-state index contributed by atoms with van der Waals surface area (Å²) in [6, 6.07) is 9.65. The number of piperidine rings is 1. The maximum absolute atomic E-state index is 13.4. The number of anilines is 1. The summed E-state index contributed by atoms with van der Waals surface area (Å²) >= 11 is 1.83. The van der Waals surface area contributed by atoms with Crippen molar-refractivity contribution in [3.05, 3.63) is 53.3 Å². The molecule has 2 aliphatic heterocycles. The second kappa shape index (κ2) is 7.59. The van der Waals surface area contributed by atoms with Crippen LogP contribution >= 0.6 is 11.8 Å². The van der Waals surface area contributed by atoms with Crippen LogP contribution < -0.4 is 4.90 Å². The van der Waals surface area contributed by atoms with Gasteiger partial charge in [-0.15, -0.1) is 11.8 Å². The lowest BCUT2D eigenvalue weighted by Gasteiger charge is -2.39. The lowest BCUT2D eigenvalue weighted by atomic mass is 9.97. The fraction of sp³-hybridized carbons (Fsp3) is 0.429. The smallest absolute Gasteiger partial charge is 0.251 e. The van der Waals surface area contributed by atoms with Crippen molar-refractivity contribution in [2.75, 3.05) is 30.3 Å². The molecule has 1 amide bonds. The second-order valence-electron chi connectivity index (χ2n) is 7.31. The molecule has 3 aliphatic rings. The molecule has 1 aliphatic carbocycles. The average molecular weight is 401 g/mol. The molecule has 0 spiro atoms. The summed E-state index contributed by atoms with van der Waals surface area (Å²) in [5.41, 5.74) is 3.53. The number of carbonyl (C=O) groups excluding carboxylic acids is 1. The summed E-state index contributed by atoms with van der Waals surface area (Å²) in [5, 5.41) is 9.16. The number of likely N-dealkylation sites (tertiary alicyclic amines) is 1. The van der Waals surface area contributed by atoms with Gasteiger partial charge in [0.25, 0.3) is 5.92 Å². The number of halogens is 2. The maximum atomic E-state index is 13.4. The number of rotatable bonds is 2. The average Bonchev–Trinajstić information content (AvgIpc) is 2.72. The van der Waals surface area contributed by atoms with Crippen LogP contribution in [0.2, 0.25) is 0 Å². The zero-order valence-corrected chi connectivity index (χ0v) is 16.2. The molecule has 7 heteroatoms. The first-order valence-corrected chi connectivity index (χ1v) is 10.5. The minimum absolute atomic E-state index is 0.109. The van der Waals surface area contributed by atoms with Crippen LogP contribution in [0.4, 0.5) is 14.5 Å². The summed E-state index contributed by atoms with van der Waals surface area (Å²) in [4.78, 5) is 16.6. The first kappa shape index (κ1) is 19.0. The zero-order chi connectivity index (χ0) is 19.7. The Balaban J connectivity index is 1.52. The number of benzene rings is 1. The third-order valence-electron chi connectivity index (χ3n) is 5.50. The SMILES string of the molecule is N#Cc1ccc(N2CCSC3CC(C(=O)N4CCC(F)(F)CC4)=CC=C32)cc1. The molecule has 2 fully saturated rings. The van der Waals surface area contributed by atoms with Gasteiger partial charge in [0.1, 0.15) is 0 Å². The molecule has 4 nitrogen and oxygen atoms in total. The van der Waals surface area contributed by atoms with E-state index in [1.165, 1.54) is 0 Å². The highest BCUT2D eigenvalue weighted by Crippen LogP contribution is 2.39. The van der Waals surface area contributed by atoms with Crippen LogP contribution in [0.1, 0.15) is 24.8 Å². The van der Waals surface area contributed by atoms with Crippen LogP contribution in [0.5, 0.6) is 0 Å². The first-order chi connectivity index (χ1) is 13.5. The Morgan fingerprint density at radius 1 is 1.14 bits per heavy atom. The highest BCUT2D eigenvalue weighted by molar-refractivity contribution is 8.00. The number of nitriles is 1. The standard InChI is InChI=1S/C21H21F2N3OS/c22-21(23)7-9-25(10-8-21)20(27)16-3-6-18-19(13-16)28-12-11-26(18)17-4-1-15(14-24)2-5-17/h1-6,19H,7-13H2. The Hall–Kier alpha value is -2.33. The van der Waals surface area contributed by atoms with Crippen LogP contribution in [0, 0.1) is 11.3 Å². The van der Waals surface area contributed by atoms with E-state index in [9.17, 15) is 13.6 Å². The summed E-state index contributed by atoms with van der Waals surface area (Å²) in [6.07, 6.45) is 3.96. The quantitative estimate of drug-likeness (QED) is 0.753. The molecule has 0 radical (unpaired) electrons. The molecule has 1 atom stereocenters. The fourth-order valence-electron chi connectivity index (χ4n) is 3.88. The fourth-order valence-corrected chi connectivity index (χ4v) is 5.13. The minimum atomic E-state index is -2.65. The van der Waals surface area contributed by atoms with Crippen molar-refractivity contribution in [3.63, 3.8) is 0 Å². The van der Waals surface area contributed by atoms with Crippen molar-refractivity contribution >= 4 is 23.4 Å². The molecule has 1 aromatic rings. The highest BCUT2D eigenvalue weighted by atomic mass is 32.2. The number of allylic oxidation sites excluding steroid dienone is 2. The van der Waals surface area contributed by atoms with E-state index >= 15 is 0 Å². The lowest BCUT2D eigenvalue weighted by Crippen LogP contribution is -2.44. The molecule has 1 aromatic carbocycles. The van der Waals surface area contributed by atoms with E-state index in [1.807, 2.05) is 48.2 Å². The van der Waals surface area contributed by atoms with Gasteiger partial charge < -0.3 is 9.80 Å². The third kappa shape index (κ3) is 3.79. The van der Waals surface area contributed by atoms with E-state index in [2.05, 4.69) is 11.0 Å². The number of thioether (sulfide) groups is 1. The van der Waals surface area contributed by atoms with Gasteiger partial charge in [-0.1, -0.05) is 6.08 Å². The Morgan fingerprint density at radius 3 is 2.54 bits per heavy atom. The van der Waals surface area contributed by atoms with Gasteiger partial charge in [0, 0.05) is 60.4 Å². The van der Waals surface area contributed by atoms with Crippen molar-refractivity contribution < 1.29 is 13.6 Å². The summed E-state index contributed by atoms with van der Waals surface area (Å²) in [6.45, 7) is 1.11. The van der Waals surface area contributed by atoms with Crippen LogP contribution in [0.3, 0.4) is 0 Å². The summed E-state index contributed by atoms with van der Waals surface area (Å²) in [7, 11) is 0. The molecule has 0 bridgehead atoms. The largest absolute Gasteiger partial charge is 0.343 e. The second-order valence-corrected chi connectivity index (χ2v) is 8.62. The zero-order valence-electron chi connectivity index (χ0n) is 15.4. The number of amides is 1. The number of hydrogen-bond acceptors (Lipinski definition) is 4. The van der Waals surface area contributed by atoms with Gasteiger partial charge in [0.05, 0.1) is 11.6 Å². The Bertz CT molecular complexity index is 863. The van der Waals surface area contributed by atoms with E-state index in [4.69, 9.17) is 5.26 Å². The molecule has 1 unspecified atom stereocenters. The van der Waals surface area contributed by atoms with Crippen LogP contribution in [-0.4, -0.2) is 47.4 Å². The number of alkyl halides is 2. The number of fused-ring (bicyclic) bond motifs is 1. The van der Waals surface area contributed by atoms with Gasteiger partial charge >= 0.3 is 0 Å². The molecule has 2 saturated heterocycles. The van der Waals surface area contributed by atoms with Gasteiger partial charge in [-0.2, -0.15) is 5.26 Å². The lowest BCUT2D eigenvalue weighted by molar-refractivity contribution is -0.133. The van der Waals surface area contributed by atoms with E-state index in [-0.39, 0.29) is 37.1 Å². The molecule has 4 rings (SSSR count). The Morgan fingerprint density at radius 2 is 1.86 bits per heavy atom. The number of nitrogens with zero attached hydrogens (tertiary/aromatic N) is 3. The molecule has 2 heterocycles. The van der Waals surface area contributed by atoms with Crippen LogP contribution in [0.25, 0.3) is 0 Å². The Kier molecular flexibility index (Phi) is 5.15. The molecular formula is C21H21F2N3OS. The first-order valence-electron chi connectivity index (χ1n) is 9.44. The van der Waals surface area contributed by atoms with Crippen LogP contribution in [-0.2, 0) is 4.79 Å². The molecule has 146 valence electrons. The number of carbonyl (C=O) groups is 1. The van der Waals surface area contributed by atoms with Crippen LogP contribution in [0.15, 0.2) is 47.7 Å². The summed E-state index contributed by atoms with van der Waals surface area (Å²) in [5.74, 6) is -1.81. The minimum Gasteiger partial charge on any atom is -0.343 e. The van der Waals surface area contributed by atoms with Gasteiger partial charge in [-0.3, -0.25) is 4.79 Å². The van der Waals surface area contributed by atoms with Crippen molar-refractivity contribution in [1.29, 1.82) is 5.26 Å². The molecule has 0 aromatic heterocycles. The molecule has 0 N–H and O–H groups in total. The normalized spacial score (nSPS) is 24.0. The predicted octanol–water partition coefficient (Wildman–Crippen LogP) is 3.95. The molecular weight excluding hydrogens is 380 g/mol. The monoisotopic (exact) mass is 401 g/mol. The predicted molar refractivity (Wildman–Crippen MR) is 106 cm³/mol. The van der Waals surface area contributed by atoms with Crippen molar-refractivity contribution in [1.82, 2.24) is 4.90 Å². The Labute approximate surface area is 167 Å². The van der Waals surface area contributed by atoms with E-state index in [0.717, 1.165) is 23.7 Å². The highest BCUT2D eigenvalue weighted by Gasteiger charge is 2.37. The van der Waals surface area contributed by atoms with Gasteiger partial charge in [-0.25, -0.2) is 8.78 Å². The maximum Gasteiger partial charge on any atom is 0.251 e. The summed E-state index contributed by atoms with van der Waals surface area (Å²) < 4.78 is 26.7. The van der Waals surface area contributed by atoms with Crippen molar-refractivity contribution in [2.45, 2.75) is 30.4 Å². The number of hydrogen-bond donors (Lipinski definition) is 0. The van der Waals surface area contributed by atoms with Gasteiger partial charge in [-0.05, 0) is 36.8 Å². The third-order valence-corrected chi connectivity index (χ3v) is 6.73. The van der Waals surface area contributed by atoms with Gasteiger partial charge in [0.2, 0.25) is 5.91 Å². The topological polar surface area (TPSA) is 47.3 Å². The molecule has 28 heavy (non-hydrogen) atoms. The van der Waals surface area contributed by atoms with E-state index < -0.39 is 5.92 Å².